The van der Waals surface area contributed by atoms with E-state index < -0.39 is 0 Å². The van der Waals surface area contributed by atoms with Gasteiger partial charge in [0.15, 0.2) is 0 Å². The molecular formula is C81H102N2. The molecule has 8 aromatic rings. The van der Waals surface area contributed by atoms with Crippen LogP contribution in [0, 0.1) is 55.4 Å². The average molecular weight is 1100 g/mol. The summed E-state index contributed by atoms with van der Waals surface area (Å²) in [7, 11) is 0. The summed E-state index contributed by atoms with van der Waals surface area (Å²) in [5.41, 5.74) is 29.4. The van der Waals surface area contributed by atoms with E-state index in [1.54, 1.807) is 11.1 Å². The largest absolute Gasteiger partial charge is 0.310 e. The highest BCUT2D eigenvalue weighted by Crippen LogP contribution is 2.55. The van der Waals surface area contributed by atoms with Gasteiger partial charge in [0, 0.05) is 28.2 Å². The zero-order chi connectivity index (χ0) is 59.6. The zero-order valence-corrected chi connectivity index (χ0v) is 54.3. The molecule has 2 nitrogen and oxygen atoms in total. The Morgan fingerprint density at radius 1 is 0.325 bits per heavy atom. The Labute approximate surface area is 504 Å². The van der Waals surface area contributed by atoms with E-state index >= 15 is 0 Å². The first-order valence-electron chi connectivity index (χ1n) is 32.0. The third kappa shape index (κ3) is 14.8. The van der Waals surface area contributed by atoms with Crippen LogP contribution in [-0.4, -0.2) is 0 Å². The third-order valence-corrected chi connectivity index (χ3v) is 17.9. The molecule has 1 aliphatic rings. The van der Waals surface area contributed by atoms with Crippen LogP contribution in [0.25, 0.3) is 22.3 Å². The van der Waals surface area contributed by atoms with Crippen molar-refractivity contribution in [2.45, 2.75) is 217 Å². The molecule has 0 heterocycles. The van der Waals surface area contributed by atoms with E-state index in [0.717, 1.165) is 17.1 Å². The van der Waals surface area contributed by atoms with Crippen molar-refractivity contribution < 1.29 is 0 Å². The highest BCUT2D eigenvalue weighted by molar-refractivity contribution is 5.85. The summed E-state index contributed by atoms with van der Waals surface area (Å²) in [6.45, 7) is 36.2. The number of aryl methyl sites for hydroxylation is 8. The molecule has 9 rings (SSSR count). The van der Waals surface area contributed by atoms with Crippen molar-refractivity contribution in [2.24, 2.45) is 0 Å². The van der Waals surface area contributed by atoms with Gasteiger partial charge in [0.2, 0.25) is 0 Å². The van der Waals surface area contributed by atoms with Gasteiger partial charge in [0.25, 0.3) is 0 Å². The molecule has 0 fully saturated rings. The Morgan fingerprint density at radius 3 is 1.04 bits per heavy atom. The van der Waals surface area contributed by atoms with Crippen molar-refractivity contribution in [1.82, 2.24) is 0 Å². The second-order valence-electron chi connectivity index (χ2n) is 27.1. The standard InChI is InChI=1S/C50H56N2.C31H46/c1-33-16-22-43(23-17-33)51(47-35(3)29-41(30-36(47)4)49(7,8)9)44-24-18-39(19-25-44)40-20-26-45(27-21-40)52(46-15-13-14-34(2)28-46)48-37(5)31-42(32-38(48)6)50(10,11)12;1-5-7-9-11-13-15-21-31(22-16-14-12-10-8-6-2)29-23-25(3)17-19-27(29)28-20-18-26(4)24-30(28)31/h13-32H,1-12H3;17-20,23-24H,5-16,21-22H2,1-4H3. The number of fused-ring (bicyclic) bond motifs is 3. The highest BCUT2D eigenvalue weighted by atomic mass is 15.2. The normalized spacial score (nSPS) is 12.6. The molecule has 0 radical (unpaired) electrons. The summed E-state index contributed by atoms with van der Waals surface area (Å²) in [4.78, 5) is 4.84. The molecule has 8 aromatic carbocycles. The monoisotopic (exact) mass is 1100 g/mol. The zero-order valence-electron chi connectivity index (χ0n) is 54.3. The summed E-state index contributed by atoms with van der Waals surface area (Å²) in [5, 5.41) is 0. The van der Waals surface area contributed by atoms with Crippen molar-refractivity contribution in [1.29, 1.82) is 0 Å². The Balaban J connectivity index is 0.000000247. The molecule has 83 heavy (non-hydrogen) atoms. The van der Waals surface area contributed by atoms with Gasteiger partial charge in [-0.2, -0.15) is 0 Å². The van der Waals surface area contributed by atoms with Gasteiger partial charge in [-0.3, -0.25) is 0 Å². The van der Waals surface area contributed by atoms with Crippen molar-refractivity contribution in [3.8, 4) is 22.3 Å². The molecule has 2 heteroatoms. The van der Waals surface area contributed by atoms with Crippen LogP contribution in [0.1, 0.15) is 212 Å². The summed E-state index contributed by atoms with van der Waals surface area (Å²) in [6.07, 6.45) is 19.2. The Morgan fingerprint density at radius 2 is 0.663 bits per heavy atom. The summed E-state index contributed by atoms with van der Waals surface area (Å²) >= 11 is 0. The van der Waals surface area contributed by atoms with Crippen LogP contribution in [0.2, 0.25) is 0 Å². The Bertz CT molecular complexity index is 3290. The van der Waals surface area contributed by atoms with E-state index in [-0.39, 0.29) is 16.2 Å². The molecule has 0 atom stereocenters. The molecule has 0 amide bonds. The van der Waals surface area contributed by atoms with Crippen LogP contribution in [0.15, 0.2) is 158 Å². The minimum absolute atomic E-state index is 0.0884. The maximum absolute atomic E-state index is 2.53. The fourth-order valence-electron chi connectivity index (χ4n) is 13.2. The second kappa shape index (κ2) is 27.4. The Hall–Kier alpha value is -6.64. The van der Waals surface area contributed by atoms with Crippen molar-refractivity contribution >= 4 is 34.1 Å². The Kier molecular flexibility index (Phi) is 20.6. The lowest BCUT2D eigenvalue weighted by Crippen LogP contribution is -2.25. The minimum atomic E-state index is 0.0884. The van der Waals surface area contributed by atoms with E-state index in [0.29, 0.717) is 0 Å². The van der Waals surface area contributed by atoms with Crippen molar-refractivity contribution in [3.63, 3.8) is 0 Å². The molecule has 0 spiro atoms. The van der Waals surface area contributed by atoms with E-state index in [2.05, 4.69) is 278 Å². The van der Waals surface area contributed by atoms with Gasteiger partial charge in [-0.05, 0) is 200 Å². The maximum atomic E-state index is 2.53. The fourth-order valence-corrected chi connectivity index (χ4v) is 13.2. The summed E-state index contributed by atoms with van der Waals surface area (Å²) in [5.74, 6) is 0. The maximum Gasteiger partial charge on any atom is 0.0520 e. The van der Waals surface area contributed by atoms with Gasteiger partial charge in [0.1, 0.15) is 0 Å². The molecule has 0 saturated heterocycles. The van der Waals surface area contributed by atoms with Gasteiger partial charge < -0.3 is 9.80 Å². The van der Waals surface area contributed by atoms with Gasteiger partial charge in [-0.1, -0.05) is 258 Å². The topological polar surface area (TPSA) is 6.48 Å². The fraction of sp³-hybridized carbons (Fsp3) is 0.407. The van der Waals surface area contributed by atoms with Gasteiger partial charge in [-0.15, -0.1) is 0 Å². The molecule has 0 aliphatic heterocycles. The van der Waals surface area contributed by atoms with E-state index in [9.17, 15) is 0 Å². The lowest BCUT2D eigenvalue weighted by Gasteiger charge is -2.33. The van der Waals surface area contributed by atoms with Gasteiger partial charge in [0.05, 0.1) is 11.4 Å². The predicted molar refractivity (Wildman–Crippen MR) is 365 cm³/mol. The minimum Gasteiger partial charge on any atom is -0.310 e. The first kappa shape index (κ1) is 62.4. The molecule has 1 aliphatic carbocycles. The number of benzene rings is 8. The molecule has 0 aromatic heterocycles. The predicted octanol–water partition coefficient (Wildman–Crippen LogP) is 24.8. The van der Waals surface area contributed by atoms with Gasteiger partial charge >= 0.3 is 0 Å². The van der Waals surface area contributed by atoms with E-state index in [1.165, 1.54) is 185 Å². The lowest BCUT2D eigenvalue weighted by molar-refractivity contribution is 0.397. The molecule has 436 valence electrons. The van der Waals surface area contributed by atoms with Gasteiger partial charge in [-0.25, -0.2) is 0 Å². The molecule has 0 unspecified atom stereocenters. The van der Waals surface area contributed by atoms with Crippen LogP contribution in [0.5, 0.6) is 0 Å². The number of rotatable bonds is 21. The molecule has 0 bridgehead atoms. The van der Waals surface area contributed by atoms with Crippen LogP contribution < -0.4 is 9.80 Å². The third-order valence-electron chi connectivity index (χ3n) is 17.9. The molecular weight excluding hydrogens is 1000 g/mol. The lowest BCUT2D eigenvalue weighted by atomic mass is 9.70. The summed E-state index contributed by atoms with van der Waals surface area (Å²) in [6, 6.07) is 59.8. The number of hydrogen-bond donors (Lipinski definition) is 0. The molecule has 0 N–H and O–H groups in total. The SMILES string of the molecule is CCCCCCCCC1(CCCCCCCC)c2cc(C)ccc2-c2ccc(C)cc21.Cc1ccc(N(c2ccc(-c3ccc(N(c4cccc(C)c4)c4c(C)cc(C(C)(C)C)cc4C)cc3)cc2)c2c(C)cc(C(C)(C)C)cc2C)cc1. The number of anilines is 6. The van der Waals surface area contributed by atoms with Crippen LogP contribution in [0.3, 0.4) is 0 Å². The van der Waals surface area contributed by atoms with Crippen LogP contribution in [0.4, 0.5) is 34.1 Å². The van der Waals surface area contributed by atoms with Crippen molar-refractivity contribution in [3.05, 3.63) is 224 Å². The van der Waals surface area contributed by atoms with E-state index in [1.807, 2.05) is 0 Å². The van der Waals surface area contributed by atoms with Crippen LogP contribution in [-0.2, 0) is 16.2 Å². The molecule has 0 saturated carbocycles. The first-order valence-corrected chi connectivity index (χ1v) is 32.0. The quantitative estimate of drug-likeness (QED) is 0.0662. The smallest absolute Gasteiger partial charge is 0.0520 e. The van der Waals surface area contributed by atoms with Crippen molar-refractivity contribution in [2.75, 3.05) is 9.80 Å². The van der Waals surface area contributed by atoms with E-state index in [4.69, 9.17) is 0 Å². The average Bonchev–Trinajstić information content (AvgIpc) is 3.98. The first-order chi connectivity index (χ1) is 39.6. The summed E-state index contributed by atoms with van der Waals surface area (Å²) < 4.78 is 0. The highest BCUT2D eigenvalue weighted by Gasteiger charge is 2.42. The number of hydrogen-bond acceptors (Lipinski definition) is 2. The second-order valence-corrected chi connectivity index (χ2v) is 27.1. The number of nitrogens with zero attached hydrogens (tertiary/aromatic N) is 2. The number of unbranched alkanes of at least 4 members (excludes halogenated alkanes) is 10. The van der Waals surface area contributed by atoms with Crippen LogP contribution >= 0.6 is 0 Å².